The highest BCUT2D eigenvalue weighted by Gasteiger charge is 2.31. The van der Waals surface area contributed by atoms with Crippen LogP contribution < -0.4 is 25.2 Å². The van der Waals surface area contributed by atoms with Crippen LogP contribution in [0.25, 0.3) is 0 Å². The molecule has 0 radical (unpaired) electrons. The zero-order valence-electron chi connectivity index (χ0n) is 26.8. The van der Waals surface area contributed by atoms with E-state index in [1.54, 1.807) is 0 Å². The lowest BCUT2D eigenvalue weighted by Gasteiger charge is -2.28. The molecule has 0 fully saturated rings. The van der Waals surface area contributed by atoms with Gasteiger partial charge in [0.25, 0.3) is 5.91 Å². The SMILES string of the molecule is C#CCN1C(=O)COc2cc(F)c(N=c3snc4n3CC(C)(C)C4)cc21.C/C(=N\NC(=O)Nc1cc(F)cc(F)c1)c1ncccc1C(=O)O. The summed E-state index contributed by atoms with van der Waals surface area (Å²) in [4.78, 5) is 45.2. The number of halogens is 3. The molecule has 0 bridgehead atoms. The molecule has 2 aliphatic rings. The Morgan fingerprint density at radius 1 is 1.18 bits per heavy atom. The zero-order chi connectivity index (χ0) is 36.2. The zero-order valence-corrected chi connectivity index (χ0v) is 27.6. The first-order valence-electron chi connectivity index (χ1n) is 14.8. The van der Waals surface area contributed by atoms with E-state index in [2.05, 4.69) is 50.0 Å². The smallest absolute Gasteiger partial charge is 0.339 e. The first kappa shape index (κ1) is 35.3. The minimum atomic E-state index is -1.19. The third kappa shape index (κ3) is 8.15. The maximum atomic E-state index is 14.5. The highest BCUT2D eigenvalue weighted by Crippen LogP contribution is 2.37. The molecule has 0 saturated carbocycles. The summed E-state index contributed by atoms with van der Waals surface area (Å²) in [6, 6.07) is 7.23. The van der Waals surface area contributed by atoms with Crippen molar-refractivity contribution in [2.24, 2.45) is 15.5 Å². The van der Waals surface area contributed by atoms with E-state index in [0.717, 1.165) is 30.9 Å². The van der Waals surface area contributed by atoms with Crippen molar-refractivity contribution < 1.29 is 37.4 Å². The molecule has 0 saturated heterocycles. The first-order chi connectivity index (χ1) is 23.7. The van der Waals surface area contributed by atoms with Crippen molar-refractivity contribution >= 4 is 52.2 Å². The number of aromatic nitrogens is 3. The molecule has 0 spiro atoms. The van der Waals surface area contributed by atoms with Crippen LogP contribution in [0.4, 0.5) is 35.0 Å². The van der Waals surface area contributed by atoms with Crippen LogP contribution in [-0.4, -0.2) is 55.8 Å². The summed E-state index contributed by atoms with van der Waals surface area (Å²) in [5, 5.41) is 15.0. The fourth-order valence-electron chi connectivity index (χ4n) is 5.08. The first-order valence-corrected chi connectivity index (χ1v) is 15.6. The van der Waals surface area contributed by atoms with Crippen LogP contribution in [0.3, 0.4) is 0 Å². The average Bonchev–Trinajstić information content (AvgIpc) is 3.56. The quantitative estimate of drug-likeness (QED) is 0.147. The van der Waals surface area contributed by atoms with Crippen molar-refractivity contribution in [2.75, 3.05) is 23.4 Å². The number of fused-ring (bicyclic) bond motifs is 2. The molecule has 17 heteroatoms. The molecule has 13 nitrogen and oxygen atoms in total. The van der Waals surface area contributed by atoms with Gasteiger partial charge in [0.2, 0.25) is 4.80 Å². The van der Waals surface area contributed by atoms with Crippen molar-refractivity contribution in [2.45, 2.75) is 33.7 Å². The van der Waals surface area contributed by atoms with Crippen molar-refractivity contribution in [3.05, 3.63) is 88.0 Å². The predicted octanol–water partition coefficient (Wildman–Crippen LogP) is 4.86. The van der Waals surface area contributed by atoms with Crippen LogP contribution in [0.15, 0.2) is 58.8 Å². The van der Waals surface area contributed by atoms with E-state index >= 15 is 0 Å². The number of urea groups is 1. The molecule has 4 aromatic rings. The summed E-state index contributed by atoms with van der Waals surface area (Å²) in [5.74, 6) is 0.0484. The van der Waals surface area contributed by atoms with Gasteiger partial charge in [0.05, 0.1) is 23.5 Å². The predicted molar refractivity (Wildman–Crippen MR) is 178 cm³/mol. The van der Waals surface area contributed by atoms with E-state index in [9.17, 15) is 27.6 Å². The van der Waals surface area contributed by atoms with Gasteiger partial charge in [-0.15, -0.1) is 6.42 Å². The monoisotopic (exact) mass is 706 g/mol. The Morgan fingerprint density at radius 3 is 2.62 bits per heavy atom. The lowest BCUT2D eigenvalue weighted by molar-refractivity contribution is -0.121. The van der Waals surface area contributed by atoms with Crippen molar-refractivity contribution in [1.29, 1.82) is 0 Å². The Hall–Kier alpha value is -6.02. The second-order valence-electron chi connectivity index (χ2n) is 11.8. The molecule has 4 heterocycles. The highest BCUT2D eigenvalue weighted by atomic mass is 32.1. The van der Waals surface area contributed by atoms with Gasteiger partial charge in [0, 0.05) is 48.5 Å². The number of carbonyl (C=O) groups excluding carboxylic acids is 2. The van der Waals surface area contributed by atoms with E-state index in [0.29, 0.717) is 22.3 Å². The van der Waals surface area contributed by atoms with Gasteiger partial charge in [-0.05, 0) is 42.7 Å². The number of rotatable bonds is 6. The molecule has 0 atom stereocenters. The summed E-state index contributed by atoms with van der Waals surface area (Å²) in [6.45, 7) is 6.51. The molecule has 2 aromatic heterocycles. The molecule has 3 amide bonds. The maximum absolute atomic E-state index is 14.5. The summed E-state index contributed by atoms with van der Waals surface area (Å²) in [7, 11) is 0. The number of carboxylic acids is 1. The number of hydrogen-bond donors (Lipinski definition) is 3. The van der Waals surface area contributed by atoms with Crippen LogP contribution >= 0.6 is 11.5 Å². The molecule has 258 valence electrons. The molecule has 2 aromatic carbocycles. The van der Waals surface area contributed by atoms with Crippen molar-refractivity contribution in [1.82, 2.24) is 19.4 Å². The Kier molecular flexibility index (Phi) is 10.3. The largest absolute Gasteiger partial charge is 0.481 e. The number of ether oxygens (including phenoxy) is 1. The number of benzene rings is 2. The number of carboxylic acid groups (broad SMARTS) is 1. The lowest BCUT2D eigenvalue weighted by Crippen LogP contribution is -2.39. The number of hydrazone groups is 1. The van der Waals surface area contributed by atoms with Gasteiger partial charge in [-0.1, -0.05) is 19.8 Å². The third-order valence-corrected chi connectivity index (χ3v) is 8.04. The summed E-state index contributed by atoms with van der Waals surface area (Å²) >= 11 is 1.24. The minimum Gasteiger partial charge on any atom is -0.481 e. The number of amides is 3. The van der Waals surface area contributed by atoms with Gasteiger partial charge in [0.15, 0.2) is 12.4 Å². The summed E-state index contributed by atoms with van der Waals surface area (Å²) in [5.41, 5.74) is 2.83. The van der Waals surface area contributed by atoms with Gasteiger partial charge in [-0.2, -0.15) is 9.47 Å². The maximum Gasteiger partial charge on any atom is 0.339 e. The van der Waals surface area contributed by atoms with Crippen LogP contribution in [0.5, 0.6) is 5.75 Å². The second-order valence-corrected chi connectivity index (χ2v) is 12.5. The number of hydrogen-bond acceptors (Lipinski definition) is 9. The number of aromatic carboxylic acids is 1. The van der Waals surface area contributed by atoms with Crippen LogP contribution in [0.1, 0.15) is 42.6 Å². The normalized spacial score (nSPS) is 14.8. The van der Waals surface area contributed by atoms with Crippen LogP contribution in [0.2, 0.25) is 0 Å². The Balaban J connectivity index is 0.000000195. The van der Waals surface area contributed by atoms with Crippen molar-refractivity contribution in [3.8, 4) is 18.1 Å². The number of pyridine rings is 1. The topological polar surface area (TPSA) is 163 Å². The van der Waals surface area contributed by atoms with Crippen molar-refractivity contribution in [3.63, 3.8) is 0 Å². The van der Waals surface area contributed by atoms with E-state index in [-0.39, 0.29) is 52.8 Å². The molecular weight excluding hydrogens is 677 g/mol. The standard InChI is InChI=1S/C18H17FN4O2S.C15H12F2N4O3/c1-4-5-22-13-7-12(11(19)6-14(13)25-9-16(22)24)20-17-23-10-18(2,3)8-15(23)21-26-17;1-8(13-12(14(22)23)3-2-4-18-13)20-21-15(24)19-11-6-9(16)5-10(17)7-11/h1,6-7H,5,8-10H2,2-3H3;2-7H,1H3,(H,22,23)(H2,19,21,24)/b;20-8+. The molecular formula is C33H29F3N8O5S. The van der Waals surface area contributed by atoms with Gasteiger partial charge >= 0.3 is 12.0 Å². The second kappa shape index (κ2) is 14.6. The van der Waals surface area contributed by atoms with Crippen LogP contribution in [0, 0.1) is 35.2 Å². The molecule has 6 rings (SSSR count). The fraction of sp³-hybridized carbons (Fsp3) is 0.242. The molecule has 0 aliphatic carbocycles. The number of nitrogens with one attached hydrogen (secondary N) is 2. The van der Waals surface area contributed by atoms with Gasteiger partial charge < -0.3 is 19.7 Å². The number of anilines is 2. The van der Waals surface area contributed by atoms with Gasteiger partial charge in [-0.25, -0.2) is 33.2 Å². The van der Waals surface area contributed by atoms with E-state index < -0.39 is 29.5 Å². The molecule has 3 N–H and O–H groups in total. The van der Waals surface area contributed by atoms with E-state index in [1.165, 1.54) is 53.8 Å². The third-order valence-electron chi connectivity index (χ3n) is 7.26. The summed E-state index contributed by atoms with van der Waals surface area (Å²) in [6.07, 6.45) is 7.60. The number of nitrogens with zero attached hydrogens (tertiary/aromatic N) is 6. The van der Waals surface area contributed by atoms with E-state index in [4.69, 9.17) is 16.3 Å². The molecule has 0 unspecified atom stereocenters. The fourth-order valence-corrected chi connectivity index (χ4v) is 5.84. The van der Waals surface area contributed by atoms with Crippen LogP contribution in [-0.2, 0) is 17.8 Å². The van der Waals surface area contributed by atoms with Gasteiger partial charge in [0.1, 0.15) is 34.6 Å². The molecule has 50 heavy (non-hydrogen) atoms. The van der Waals surface area contributed by atoms with Gasteiger partial charge in [-0.3, -0.25) is 14.7 Å². The Bertz CT molecular complexity index is 2120. The average molecular weight is 707 g/mol. The number of terminal acetylenes is 1. The Labute approximate surface area is 287 Å². The van der Waals surface area contributed by atoms with E-state index in [1.807, 2.05) is 4.57 Å². The minimum absolute atomic E-state index is 0.0758. The number of carbonyl (C=O) groups is 3. The highest BCUT2D eigenvalue weighted by molar-refractivity contribution is 7.02. The summed E-state index contributed by atoms with van der Waals surface area (Å²) < 4.78 is 52.4. The lowest BCUT2D eigenvalue weighted by atomic mass is 9.92. The molecule has 2 aliphatic heterocycles. The Morgan fingerprint density at radius 2 is 1.92 bits per heavy atom.